The summed E-state index contributed by atoms with van der Waals surface area (Å²) in [5.74, 6) is -1.53. The van der Waals surface area contributed by atoms with E-state index in [2.05, 4.69) is 4.90 Å². The summed E-state index contributed by atoms with van der Waals surface area (Å²) in [6, 6.07) is 19.4. The van der Waals surface area contributed by atoms with Gasteiger partial charge in [0.2, 0.25) is 0 Å². The number of ether oxygens (including phenoxy) is 3. The maximum Gasteiger partial charge on any atom is 0.295 e. The molecule has 8 nitrogen and oxygen atoms in total. The van der Waals surface area contributed by atoms with Gasteiger partial charge in [-0.25, -0.2) is 4.39 Å². The molecule has 3 aromatic rings. The van der Waals surface area contributed by atoms with Crippen LogP contribution < -0.4 is 9.47 Å². The Morgan fingerprint density at radius 3 is 2.45 bits per heavy atom. The van der Waals surface area contributed by atoms with Gasteiger partial charge in [0, 0.05) is 31.7 Å². The molecule has 0 saturated carbocycles. The molecule has 2 fully saturated rings. The zero-order chi connectivity index (χ0) is 28.1. The zero-order valence-electron chi connectivity index (χ0n) is 22.2. The minimum atomic E-state index is -0.880. The van der Waals surface area contributed by atoms with Gasteiger partial charge in [-0.1, -0.05) is 30.3 Å². The predicted molar refractivity (Wildman–Crippen MR) is 147 cm³/mol. The largest absolute Gasteiger partial charge is 0.507 e. The van der Waals surface area contributed by atoms with Gasteiger partial charge in [-0.3, -0.25) is 14.5 Å². The molecular weight excluding hydrogens is 515 g/mol. The second kappa shape index (κ2) is 12.3. The quantitative estimate of drug-likeness (QED) is 0.235. The van der Waals surface area contributed by atoms with Gasteiger partial charge in [0.15, 0.2) is 11.6 Å². The van der Waals surface area contributed by atoms with Crippen LogP contribution >= 0.6 is 0 Å². The summed E-state index contributed by atoms with van der Waals surface area (Å²) in [6.07, 6.45) is 0.626. The molecule has 3 aromatic carbocycles. The van der Waals surface area contributed by atoms with Gasteiger partial charge in [-0.05, 0) is 54.4 Å². The van der Waals surface area contributed by atoms with E-state index in [9.17, 15) is 19.1 Å². The lowest BCUT2D eigenvalue weighted by Crippen LogP contribution is -2.38. The van der Waals surface area contributed by atoms with Gasteiger partial charge in [0.1, 0.15) is 17.3 Å². The second-order valence-corrected chi connectivity index (χ2v) is 9.64. The van der Waals surface area contributed by atoms with Crippen LogP contribution in [0, 0.1) is 5.82 Å². The van der Waals surface area contributed by atoms with E-state index in [-0.39, 0.29) is 16.9 Å². The number of para-hydroxylation sites is 1. The number of carbonyl (C=O) groups is 2. The number of hydrogen-bond acceptors (Lipinski definition) is 7. The van der Waals surface area contributed by atoms with Gasteiger partial charge >= 0.3 is 0 Å². The summed E-state index contributed by atoms with van der Waals surface area (Å²) in [4.78, 5) is 30.4. The van der Waals surface area contributed by atoms with Gasteiger partial charge in [-0.2, -0.15) is 0 Å². The van der Waals surface area contributed by atoms with Crippen LogP contribution in [0.5, 0.6) is 17.2 Å². The molecule has 2 aliphatic rings. The molecule has 1 N–H and O–H groups in total. The molecule has 0 radical (unpaired) electrons. The molecule has 1 atom stereocenters. The Morgan fingerprint density at radius 1 is 0.975 bits per heavy atom. The van der Waals surface area contributed by atoms with E-state index in [0.717, 1.165) is 25.7 Å². The topological polar surface area (TPSA) is 88.5 Å². The first-order chi connectivity index (χ1) is 19.5. The fraction of sp³-hybridized carbons (Fsp3) is 0.290. The molecule has 1 amide bonds. The summed E-state index contributed by atoms with van der Waals surface area (Å²) >= 11 is 0. The number of Topliss-reactive ketones (excluding diaryl/α,β-unsaturated/α-hetero) is 1. The van der Waals surface area contributed by atoms with Crippen LogP contribution in [-0.4, -0.2) is 73.1 Å². The minimum Gasteiger partial charge on any atom is -0.507 e. The van der Waals surface area contributed by atoms with Crippen LogP contribution in [0.25, 0.3) is 5.76 Å². The highest BCUT2D eigenvalue weighted by molar-refractivity contribution is 6.46. The van der Waals surface area contributed by atoms with Gasteiger partial charge < -0.3 is 24.2 Å². The molecule has 0 aromatic heterocycles. The molecule has 2 aliphatic heterocycles. The molecule has 0 spiro atoms. The summed E-state index contributed by atoms with van der Waals surface area (Å²) < 4.78 is 30.9. The number of methoxy groups -OCH3 is 1. The number of nitrogens with zero attached hydrogens (tertiary/aromatic N) is 2. The lowest BCUT2D eigenvalue weighted by molar-refractivity contribution is -0.140. The average Bonchev–Trinajstić information content (AvgIpc) is 3.23. The molecule has 0 bridgehead atoms. The van der Waals surface area contributed by atoms with E-state index in [0.29, 0.717) is 43.2 Å². The maximum atomic E-state index is 14.5. The van der Waals surface area contributed by atoms with E-state index in [1.54, 1.807) is 24.3 Å². The summed E-state index contributed by atoms with van der Waals surface area (Å²) in [5.41, 5.74) is 0.568. The molecule has 2 heterocycles. The van der Waals surface area contributed by atoms with Gasteiger partial charge in [0.25, 0.3) is 11.7 Å². The number of aliphatic hydroxyl groups excluding tert-OH is 1. The van der Waals surface area contributed by atoms with Crippen molar-refractivity contribution in [2.75, 3.05) is 46.5 Å². The molecule has 9 heteroatoms. The molecular formula is C31H31FN2O6. The average molecular weight is 547 g/mol. The first kappa shape index (κ1) is 27.4. The number of rotatable bonds is 9. The normalized spacial score (nSPS) is 19.1. The van der Waals surface area contributed by atoms with E-state index in [1.807, 2.05) is 30.3 Å². The summed E-state index contributed by atoms with van der Waals surface area (Å²) in [6.45, 7) is 3.98. The first-order valence-electron chi connectivity index (χ1n) is 13.2. The van der Waals surface area contributed by atoms with Crippen molar-refractivity contribution in [3.63, 3.8) is 0 Å². The second-order valence-electron chi connectivity index (χ2n) is 9.64. The Morgan fingerprint density at radius 2 is 1.73 bits per heavy atom. The van der Waals surface area contributed by atoms with Crippen molar-refractivity contribution in [2.24, 2.45) is 0 Å². The zero-order valence-corrected chi connectivity index (χ0v) is 22.2. The predicted octanol–water partition coefficient (Wildman–Crippen LogP) is 4.77. The maximum absolute atomic E-state index is 14.5. The molecule has 1 unspecified atom stereocenters. The van der Waals surface area contributed by atoms with Crippen molar-refractivity contribution in [1.29, 1.82) is 0 Å². The molecule has 0 aliphatic carbocycles. The number of aliphatic hydroxyl groups is 1. The monoisotopic (exact) mass is 546 g/mol. The Hall–Kier alpha value is -4.21. The van der Waals surface area contributed by atoms with Crippen LogP contribution in [0.15, 0.2) is 78.4 Å². The summed E-state index contributed by atoms with van der Waals surface area (Å²) in [5, 5.41) is 11.3. The number of hydrogen-bond donors (Lipinski definition) is 1. The number of amides is 1. The highest BCUT2D eigenvalue weighted by Gasteiger charge is 2.46. The van der Waals surface area contributed by atoms with Gasteiger partial charge in [-0.15, -0.1) is 0 Å². The van der Waals surface area contributed by atoms with Crippen molar-refractivity contribution < 1.29 is 33.3 Å². The van der Waals surface area contributed by atoms with Crippen LogP contribution in [0.4, 0.5) is 4.39 Å². The van der Waals surface area contributed by atoms with E-state index < -0.39 is 29.3 Å². The van der Waals surface area contributed by atoms with Crippen LogP contribution in [0.1, 0.15) is 23.6 Å². The van der Waals surface area contributed by atoms with E-state index in [4.69, 9.17) is 14.2 Å². The Labute approximate surface area is 232 Å². The van der Waals surface area contributed by atoms with E-state index >= 15 is 0 Å². The van der Waals surface area contributed by atoms with E-state index in [1.165, 1.54) is 24.1 Å². The van der Waals surface area contributed by atoms with Crippen LogP contribution in [0.3, 0.4) is 0 Å². The van der Waals surface area contributed by atoms with Crippen molar-refractivity contribution in [3.05, 3.63) is 95.3 Å². The van der Waals surface area contributed by atoms with Crippen molar-refractivity contribution >= 4 is 17.4 Å². The van der Waals surface area contributed by atoms with Crippen LogP contribution in [0.2, 0.25) is 0 Å². The third kappa shape index (κ3) is 5.85. The fourth-order valence-electron chi connectivity index (χ4n) is 5.09. The SMILES string of the molecule is COc1ccc(C(O)=C2C(=O)C(=O)N(CCCN3CCOCC3)C2c2cccc(Oc3ccccc3)c2)cc1F. The Balaban J connectivity index is 1.51. The third-order valence-corrected chi connectivity index (χ3v) is 7.09. The highest BCUT2D eigenvalue weighted by Crippen LogP contribution is 2.41. The Bertz CT molecular complexity index is 1400. The summed E-state index contributed by atoms with van der Waals surface area (Å²) in [7, 11) is 1.34. The lowest BCUT2D eigenvalue weighted by atomic mass is 9.95. The fourth-order valence-corrected chi connectivity index (χ4v) is 5.09. The number of halogens is 1. The highest BCUT2D eigenvalue weighted by atomic mass is 19.1. The third-order valence-electron chi connectivity index (χ3n) is 7.09. The lowest BCUT2D eigenvalue weighted by Gasteiger charge is -2.29. The number of morpholine rings is 1. The minimum absolute atomic E-state index is 0.00225. The molecule has 40 heavy (non-hydrogen) atoms. The molecule has 5 rings (SSSR count). The first-order valence-corrected chi connectivity index (χ1v) is 13.2. The van der Waals surface area contributed by atoms with Crippen molar-refractivity contribution in [1.82, 2.24) is 9.80 Å². The number of benzene rings is 3. The standard InChI is InChI=1S/C31H31FN2O6/c1-38-26-12-11-22(20-25(26)32)29(35)27-28(21-7-5-10-24(19-21)40-23-8-3-2-4-9-23)34(31(37)30(27)36)14-6-13-33-15-17-39-18-16-33/h2-5,7-12,19-20,28,35H,6,13-18H2,1H3. The van der Waals surface area contributed by atoms with Gasteiger partial charge in [0.05, 0.1) is 31.9 Å². The molecule has 2 saturated heterocycles. The van der Waals surface area contributed by atoms with Crippen molar-refractivity contribution in [2.45, 2.75) is 12.5 Å². The Kier molecular flexibility index (Phi) is 8.42. The smallest absolute Gasteiger partial charge is 0.295 e. The van der Waals surface area contributed by atoms with Crippen molar-refractivity contribution in [3.8, 4) is 17.2 Å². The number of carbonyl (C=O) groups excluding carboxylic acids is 2. The number of ketones is 1. The van der Waals surface area contributed by atoms with Crippen LogP contribution in [-0.2, 0) is 14.3 Å². The number of likely N-dealkylation sites (tertiary alicyclic amines) is 1. The molecule has 208 valence electrons.